The first-order valence-electron chi connectivity index (χ1n) is 5.82. The number of hydrogen-bond acceptors (Lipinski definition) is 2. The second kappa shape index (κ2) is 6.48. The van der Waals surface area contributed by atoms with E-state index in [2.05, 4.69) is 4.90 Å². The molecule has 0 aliphatic rings. The molecule has 0 aliphatic heterocycles. The maximum Gasteiger partial charge on any atom is 0.125 e. The van der Waals surface area contributed by atoms with Crippen molar-refractivity contribution in [3.63, 3.8) is 0 Å². The van der Waals surface area contributed by atoms with Gasteiger partial charge >= 0.3 is 0 Å². The summed E-state index contributed by atoms with van der Waals surface area (Å²) in [6, 6.07) is 6.63. The summed E-state index contributed by atoms with van der Waals surface area (Å²) >= 11 is 0. The summed E-state index contributed by atoms with van der Waals surface area (Å²) in [6.45, 7) is 5.54. The van der Waals surface area contributed by atoms with Gasteiger partial charge in [0.2, 0.25) is 0 Å². The van der Waals surface area contributed by atoms with E-state index >= 15 is 0 Å². The van der Waals surface area contributed by atoms with Crippen LogP contribution >= 0.6 is 0 Å². The molecule has 0 amide bonds. The van der Waals surface area contributed by atoms with E-state index in [0.717, 1.165) is 31.6 Å². The number of hydrogen-bond donors (Lipinski definition) is 1. The normalized spacial score (nSPS) is 12.5. The lowest BCUT2D eigenvalue weighted by molar-refractivity contribution is 0.182. The van der Waals surface area contributed by atoms with Gasteiger partial charge in [0.1, 0.15) is 5.82 Å². The smallest absolute Gasteiger partial charge is 0.125 e. The molecule has 0 heterocycles. The number of nitrogens with zero attached hydrogens (tertiary/aromatic N) is 1. The van der Waals surface area contributed by atoms with Gasteiger partial charge in [-0.25, -0.2) is 4.39 Å². The largest absolute Gasteiger partial charge is 0.393 e. The van der Waals surface area contributed by atoms with Crippen LogP contribution in [0.1, 0.15) is 26.7 Å². The fraction of sp³-hybridized carbons (Fsp3) is 0.538. The van der Waals surface area contributed by atoms with Gasteiger partial charge in [0.05, 0.1) is 6.10 Å². The number of halogens is 1. The van der Waals surface area contributed by atoms with Crippen LogP contribution in [0.4, 0.5) is 10.1 Å². The van der Waals surface area contributed by atoms with E-state index in [1.54, 1.807) is 19.1 Å². The van der Waals surface area contributed by atoms with Gasteiger partial charge in [-0.3, -0.25) is 0 Å². The molecule has 0 aliphatic carbocycles. The van der Waals surface area contributed by atoms with Gasteiger partial charge in [-0.2, -0.15) is 0 Å². The average Bonchev–Trinajstić information content (AvgIpc) is 2.24. The Kier molecular flexibility index (Phi) is 5.26. The lowest BCUT2D eigenvalue weighted by Gasteiger charge is -2.23. The Morgan fingerprint density at radius 3 is 2.75 bits per heavy atom. The zero-order valence-corrected chi connectivity index (χ0v) is 9.99. The quantitative estimate of drug-likeness (QED) is 0.804. The van der Waals surface area contributed by atoms with Gasteiger partial charge in [0, 0.05) is 18.8 Å². The summed E-state index contributed by atoms with van der Waals surface area (Å²) < 4.78 is 13.0. The van der Waals surface area contributed by atoms with Crippen molar-refractivity contribution in [2.75, 3.05) is 18.0 Å². The zero-order chi connectivity index (χ0) is 12.0. The SMILES string of the molecule is CCN(CCCC(C)O)c1cccc(F)c1. The fourth-order valence-corrected chi connectivity index (χ4v) is 1.72. The Labute approximate surface area is 96.7 Å². The van der Waals surface area contributed by atoms with Crippen molar-refractivity contribution in [3.8, 4) is 0 Å². The molecule has 0 spiro atoms. The average molecular weight is 225 g/mol. The Morgan fingerprint density at radius 2 is 2.19 bits per heavy atom. The van der Waals surface area contributed by atoms with Crippen LogP contribution in [-0.4, -0.2) is 24.3 Å². The summed E-state index contributed by atoms with van der Waals surface area (Å²) in [5.74, 6) is -0.202. The lowest BCUT2D eigenvalue weighted by Crippen LogP contribution is -2.24. The topological polar surface area (TPSA) is 23.5 Å². The van der Waals surface area contributed by atoms with Gasteiger partial charge in [-0.05, 0) is 44.9 Å². The van der Waals surface area contributed by atoms with Crippen LogP contribution in [-0.2, 0) is 0 Å². The Hall–Kier alpha value is -1.09. The predicted molar refractivity (Wildman–Crippen MR) is 65.2 cm³/mol. The maximum absolute atomic E-state index is 13.0. The van der Waals surface area contributed by atoms with E-state index in [-0.39, 0.29) is 11.9 Å². The number of aliphatic hydroxyl groups is 1. The Morgan fingerprint density at radius 1 is 1.44 bits per heavy atom. The Bertz CT molecular complexity index is 315. The molecule has 0 aromatic heterocycles. The van der Waals surface area contributed by atoms with Crippen LogP contribution in [0.25, 0.3) is 0 Å². The van der Waals surface area contributed by atoms with Crippen molar-refractivity contribution in [1.29, 1.82) is 0 Å². The van der Waals surface area contributed by atoms with Gasteiger partial charge < -0.3 is 10.0 Å². The molecular formula is C13H20FNO. The second-order valence-electron chi connectivity index (χ2n) is 4.05. The maximum atomic E-state index is 13.0. The highest BCUT2D eigenvalue weighted by atomic mass is 19.1. The van der Waals surface area contributed by atoms with Crippen LogP contribution in [0.3, 0.4) is 0 Å². The minimum atomic E-state index is -0.258. The third kappa shape index (κ3) is 4.19. The molecule has 0 radical (unpaired) electrons. The number of aliphatic hydroxyl groups excluding tert-OH is 1. The molecule has 2 nitrogen and oxygen atoms in total. The summed E-state index contributed by atoms with van der Waals surface area (Å²) in [5.41, 5.74) is 0.910. The highest BCUT2D eigenvalue weighted by molar-refractivity contribution is 5.46. The summed E-state index contributed by atoms with van der Waals surface area (Å²) in [6.07, 6.45) is 1.44. The highest BCUT2D eigenvalue weighted by Gasteiger charge is 2.05. The molecule has 1 atom stereocenters. The van der Waals surface area contributed by atoms with Crippen LogP contribution in [0.15, 0.2) is 24.3 Å². The molecular weight excluding hydrogens is 205 g/mol. The van der Waals surface area contributed by atoms with E-state index < -0.39 is 0 Å². The van der Waals surface area contributed by atoms with E-state index in [0.29, 0.717) is 0 Å². The van der Waals surface area contributed by atoms with E-state index in [4.69, 9.17) is 0 Å². The minimum Gasteiger partial charge on any atom is -0.393 e. The lowest BCUT2D eigenvalue weighted by atomic mass is 10.2. The third-order valence-corrected chi connectivity index (χ3v) is 2.60. The molecule has 1 rings (SSSR count). The second-order valence-corrected chi connectivity index (χ2v) is 4.05. The van der Waals surface area contributed by atoms with E-state index in [1.807, 2.05) is 13.0 Å². The third-order valence-electron chi connectivity index (χ3n) is 2.60. The molecule has 3 heteroatoms. The van der Waals surface area contributed by atoms with Gasteiger partial charge in [0.15, 0.2) is 0 Å². The number of anilines is 1. The number of rotatable bonds is 6. The van der Waals surface area contributed by atoms with Crippen LogP contribution < -0.4 is 4.90 Å². The molecule has 0 saturated carbocycles. The fourth-order valence-electron chi connectivity index (χ4n) is 1.72. The monoisotopic (exact) mass is 225 g/mol. The van der Waals surface area contributed by atoms with Crippen molar-refractivity contribution >= 4 is 5.69 Å². The van der Waals surface area contributed by atoms with E-state index in [1.165, 1.54) is 6.07 Å². The molecule has 1 N–H and O–H groups in total. The number of benzene rings is 1. The molecule has 0 fully saturated rings. The summed E-state index contributed by atoms with van der Waals surface area (Å²) in [7, 11) is 0. The first-order valence-corrected chi connectivity index (χ1v) is 5.82. The van der Waals surface area contributed by atoms with Gasteiger partial charge in [-0.1, -0.05) is 6.07 Å². The molecule has 1 unspecified atom stereocenters. The summed E-state index contributed by atoms with van der Waals surface area (Å²) in [4.78, 5) is 2.12. The minimum absolute atomic E-state index is 0.202. The summed E-state index contributed by atoms with van der Waals surface area (Å²) in [5, 5.41) is 9.17. The Balaban J connectivity index is 2.53. The van der Waals surface area contributed by atoms with Gasteiger partial charge in [-0.15, -0.1) is 0 Å². The van der Waals surface area contributed by atoms with Crippen molar-refractivity contribution < 1.29 is 9.50 Å². The van der Waals surface area contributed by atoms with Crippen molar-refractivity contribution in [1.82, 2.24) is 0 Å². The molecule has 0 saturated heterocycles. The highest BCUT2D eigenvalue weighted by Crippen LogP contribution is 2.16. The van der Waals surface area contributed by atoms with Crippen molar-refractivity contribution in [3.05, 3.63) is 30.1 Å². The molecule has 16 heavy (non-hydrogen) atoms. The van der Waals surface area contributed by atoms with Crippen LogP contribution in [0, 0.1) is 5.82 Å². The first-order chi connectivity index (χ1) is 7.63. The first kappa shape index (κ1) is 13.0. The molecule has 1 aromatic rings. The van der Waals surface area contributed by atoms with Crippen molar-refractivity contribution in [2.45, 2.75) is 32.8 Å². The molecule has 1 aromatic carbocycles. The molecule has 90 valence electrons. The van der Waals surface area contributed by atoms with Crippen molar-refractivity contribution in [2.24, 2.45) is 0 Å². The zero-order valence-electron chi connectivity index (χ0n) is 9.99. The van der Waals surface area contributed by atoms with Crippen LogP contribution in [0.5, 0.6) is 0 Å². The van der Waals surface area contributed by atoms with Crippen LogP contribution in [0.2, 0.25) is 0 Å². The molecule has 0 bridgehead atoms. The van der Waals surface area contributed by atoms with Gasteiger partial charge in [0.25, 0.3) is 0 Å². The predicted octanol–water partition coefficient (Wildman–Crippen LogP) is 2.81. The van der Waals surface area contributed by atoms with E-state index in [9.17, 15) is 9.50 Å². The standard InChI is InChI=1S/C13H20FNO/c1-3-15(9-5-6-11(2)16)13-8-4-7-12(14)10-13/h4,7-8,10-11,16H,3,5-6,9H2,1-2H3.